The fourth-order valence-electron chi connectivity index (χ4n) is 1.23. The molecule has 1 aromatic heterocycles. The second-order valence-corrected chi connectivity index (χ2v) is 3.21. The SMILES string of the molecule is C=CC(C)Nc1c(C#N)c(C)nn1C. The van der Waals surface area contributed by atoms with Gasteiger partial charge in [-0.25, -0.2) is 0 Å². The zero-order valence-corrected chi connectivity index (χ0v) is 8.70. The third-order valence-corrected chi connectivity index (χ3v) is 2.05. The van der Waals surface area contributed by atoms with E-state index in [1.165, 1.54) is 0 Å². The third kappa shape index (κ3) is 1.77. The summed E-state index contributed by atoms with van der Waals surface area (Å²) in [5.74, 6) is 0.748. The van der Waals surface area contributed by atoms with E-state index in [9.17, 15) is 0 Å². The van der Waals surface area contributed by atoms with Gasteiger partial charge in [-0.15, -0.1) is 6.58 Å². The average Bonchev–Trinajstić information content (AvgIpc) is 2.41. The molecule has 0 radical (unpaired) electrons. The highest BCUT2D eigenvalue weighted by Crippen LogP contribution is 2.18. The minimum absolute atomic E-state index is 0.122. The van der Waals surface area contributed by atoms with Crippen LogP contribution in [0.5, 0.6) is 0 Å². The quantitative estimate of drug-likeness (QED) is 0.736. The first kappa shape index (κ1) is 10.3. The van der Waals surface area contributed by atoms with Crippen molar-refractivity contribution in [1.29, 1.82) is 5.26 Å². The molecule has 1 atom stereocenters. The third-order valence-electron chi connectivity index (χ3n) is 2.05. The Morgan fingerprint density at radius 2 is 2.36 bits per heavy atom. The molecule has 4 heteroatoms. The molecular weight excluding hydrogens is 176 g/mol. The number of hydrogen-bond acceptors (Lipinski definition) is 3. The summed E-state index contributed by atoms with van der Waals surface area (Å²) in [6.45, 7) is 7.46. The summed E-state index contributed by atoms with van der Waals surface area (Å²) < 4.78 is 1.67. The predicted molar refractivity (Wildman–Crippen MR) is 55.9 cm³/mol. The van der Waals surface area contributed by atoms with Crippen molar-refractivity contribution in [3.8, 4) is 6.07 Å². The molecule has 0 aliphatic rings. The van der Waals surface area contributed by atoms with Crippen LogP contribution in [-0.4, -0.2) is 15.8 Å². The van der Waals surface area contributed by atoms with Crippen molar-refractivity contribution < 1.29 is 0 Å². The Hall–Kier alpha value is -1.76. The van der Waals surface area contributed by atoms with Crippen LogP contribution in [0.25, 0.3) is 0 Å². The van der Waals surface area contributed by atoms with E-state index in [1.54, 1.807) is 10.8 Å². The molecule has 0 spiro atoms. The van der Waals surface area contributed by atoms with Gasteiger partial charge in [-0.05, 0) is 13.8 Å². The van der Waals surface area contributed by atoms with Crippen LogP contribution >= 0.6 is 0 Å². The topological polar surface area (TPSA) is 53.6 Å². The summed E-state index contributed by atoms with van der Waals surface area (Å²) in [5, 5.41) is 16.3. The van der Waals surface area contributed by atoms with Gasteiger partial charge in [0.2, 0.25) is 0 Å². The van der Waals surface area contributed by atoms with E-state index in [0.29, 0.717) is 5.56 Å². The standard InChI is InChI=1S/C10H14N4/c1-5-7(2)12-10-9(6-11)8(3)13-14(10)4/h5,7,12H,1H2,2-4H3. The van der Waals surface area contributed by atoms with E-state index < -0.39 is 0 Å². The monoisotopic (exact) mass is 190 g/mol. The van der Waals surface area contributed by atoms with Crippen molar-refractivity contribution in [3.63, 3.8) is 0 Å². The smallest absolute Gasteiger partial charge is 0.142 e. The minimum Gasteiger partial charge on any atom is -0.363 e. The first-order valence-electron chi connectivity index (χ1n) is 4.43. The minimum atomic E-state index is 0.122. The number of nitrogens with one attached hydrogen (secondary N) is 1. The van der Waals surface area contributed by atoms with E-state index in [0.717, 1.165) is 11.5 Å². The highest BCUT2D eigenvalue weighted by Gasteiger charge is 2.13. The Bertz CT molecular complexity index is 384. The largest absolute Gasteiger partial charge is 0.363 e. The molecule has 1 rings (SSSR count). The maximum Gasteiger partial charge on any atom is 0.142 e. The second kappa shape index (κ2) is 3.97. The maximum absolute atomic E-state index is 8.93. The predicted octanol–water partition coefficient (Wildman–Crippen LogP) is 1.59. The van der Waals surface area contributed by atoms with Crippen molar-refractivity contribution >= 4 is 5.82 Å². The first-order chi connectivity index (χ1) is 6.60. The molecule has 0 fully saturated rings. The molecule has 74 valence electrons. The van der Waals surface area contributed by atoms with Gasteiger partial charge in [-0.3, -0.25) is 4.68 Å². The van der Waals surface area contributed by atoms with Gasteiger partial charge in [0.1, 0.15) is 17.5 Å². The van der Waals surface area contributed by atoms with Crippen molar-refractivity contribution in [3.05, 3.63) is 23.9 Å². The van der Waals surface area contributed by atoms with E-state index in [-0.39, 0.29) is 6.04 Å². The van der Waals surface area contributed by atoms with Crippen LogP contribution in [0.3, 0.4) is 0 Å². The van der Waals surface area contributed by atoms with Crippen LogP contribution < -0.4 is 5.32 Å². The Morgan fingerprint density at radius 3 is 2.86 bits per heavy atom. The zero-order chi connectivity index (χ0) is 10.7. The van der Waals surface area contributed by atoms with E-state index >= 15 is 0 Å². The van der Waals surface area contributed by atoms with Crippen molar-refractivity contribution in [1.82, 2.24) is 9.78 Å². The Balaban J connectivity index is 3.07. The second-order valence-electron chi connectivity index (χ2n) is 3.21. The summed E-state index contributed by atoms with van der Waals surface area (Å²) in [5.41, 5.74) is 1.34. The Morgan fingerprint density at radius 1 is 1.71 bits per heavy atom. The fourth-order valence-corrected chi connectivity index (χ4v) is 1.23. The molecule has 0 aliphatic heterocycles. The lowest BCUT2D eigenvalue weighted by molar-refractivity contribution is 0.753. The molecule has 1 N–H and O–H groups in total. The number of hydrogen-bond donors (Lipinski definition) is 1. The highest BCUT2D eigenvalue weighted by molar-refractivity contribution is 5.55. The van der Waals surface area contributed by atoms with Crippen LogP contribution in [0.4, 0.5) is 5.82 Å². The molecule has 0 saturated heterocycles. The van der Waals surface area contributed by atoms with Gasteiger partial charge in [0.15, 0.2) is 0 Å². The molecule has 0 bridgehead atoms. The van der Waals surface area contributed by atoms with E-state index in [4.69, 9.17) is 5.26 Å². The van der Waals surface area contributed by atoms with Gasteiger partial charge in [0, 0.05) is 13.1 Å². The molecule has 1 aromatic rings. The molecule has 1 heterocycles. The van der Waals surface area contributed by atoms with Gasteiger partial charge in [0.05, 0.1) is 5.69 Å². The number of nitrogens with zero attached hydrogens (tertiary/aromatic N) is 3. The molecule has 14 heavy (non-hydrogen) atoms. The zero-order valence-electron chi connectivity index (χ0n) is 8.70. The van der Waals surface area contributed by atoms with Gasteiger partial charge in [-0.2, -0.15) is 10.4 Å². The van der Waals surface area contributed by atoms with Crippen molar-refractivity contribution in [2.75, 3.05) is 5.32 Å². The lowest BCUT2D eigenvalue weighted by Gasteiger charge is -2.10. The summed E-state index contributed by atoms with van der Waals surface area (Å²) >= 11 is 0. The summed E-state index contributed by atoms with van der Waals surface area (Å²) in [4.78, 5) is 0. The molecule has 0 saturated carbocycles. The number of aromatic nitrogens is 2. The normalized spacial score (nSPS) is 11.9. The molecule has 4 nitrogen and oxygen atoms in total. The van der Waals surface area contributed by atoms with Crippen LogP contribution in [0, 0.1) is 18.3 Å². The Kier molecular flexibility index (Phi) is 2.92. The van der Waals surface area contributed by atoms with Crippen LogP contribution in [0.15, 0.2) is 12.7 Å². The molecule has 1 unspecified atom stereocenters. The van der Waals surface area contributed by atoms with Crippen molar-refractivity contribution in [2.24, 2.45) is 7.05 Å². The number of nitriles is 1. The average molecular weight is 190 g/mol. The number of aryl methyl sites for hydroxylation is 2. The molecular formula is C10H14N4. The number of anilines is 1. The lowest BCUT2D eigenvalue weighted by atomic mass is 10.2. The summed E-state index contributed by atoms with van der Waals surface area (Å²) in [7, 11) is 1.81. The highest BCUT2D eigenvalue weighted by atomic mass is 15.3. The summed E-state index contributed by atoms with van der Waals surface area (Å²) in [6, 6.07) is 2.26. The van der Waals surface area contributed by atoms with E-state index in [2.05, 4.69) is 23.1 Å². The molecule has 0 amide bonds. The maximum atomic E-state index is 8.93. The van der Waals surface area contributed by atoms with Gasteiger partial charge >= 0.3 is 0 Å². The van der Waals surface area contributed by atoms with Gasteiger partial charge in [0.25, 0.3) is 0 Å². The first-order valence-corrected chi connectivity index (χ1v) is 4.43. The molecule has 0 aromatic carbocycles. The fraction of sp³-hybridized carbons (Fsp3) is 0.400. The van der Waals surface area contributed by atoms with Crippen molar-refractivity contribution in [2.45, 2.75) is 19.9 Å². The lowest BCUT2D eigenvalue weighted by Crippen LogP contribution is -2.15. The summed E-state index contributed by atoms with van der Waals surface area (Å²) in [6.07, 6.45) is 1.78. The van der Waals surface area contributed by atoms with Gasteiger partial charge < -0.3 is 5.32 Å². The van der Waals surface area contributed by atoms with Gasteiger partial charge in [-0.1, -0.05) is 6.08 Å². The molecule has 0 aliphatic carbocycles. The van der Waals surface area contributed by atoms with Crippen LogP contribution in [-0.2, 0) is 7.05 Å². The van der Waals surface area contributed by atoms with E-state index in [1.807, 2.05) is 20.9 Å². The Labute approximate surface area is 83.8 Å². The number of rotatable bonds is 3. The van der Waals surface area contributed by atoms with Crippen LogP contribution in [0.2, 0.25) is 0 Å². The van der Waals surface area contributed by atoms with Crippen LogP contribution in [0.1, 0.15) is 18.2 Å².